The highest BCUT2D eigenvalue weighted by molar-refractivity contribution is 7.79. The quantitative estimate of drug-likeness (QED) is 0.809. The number of hydrogen-bond donors (Lipinski definition) is 2. The molecule has 0 fully saturated rings. The highest BCUT2D eigenvalue weighted by Crippen LogP contribution is 2.19. The van der Waals surface area contributed by atoms with E-state index in [1.165, 1.54) is 0 Å². The van der Waals surface area contributed by atoms with Crippen molar-refractivity contribution in [1.82, 2.24) is 15.0 Å². The lowest BCUT2D eigenvalue weighted by Crippen LogP contribution is -2.00. The van der Waals surface area contributed by atoms with Crippen LogP contribution in [-0.4, -0.2) is 20.7 Å². The Kier molecular flexibility index (Phi) is 2.85. The van der Waals surface area contributed by atoms with Gasteiger partial charge in [-0.3, -0.25) is 5.43 Å². The second kappa shape index (κ2) is 4.66. The van der Waals surface area contributed by atoms with Gasteiger partial charge in [0.1, 0.15) is 11.4 Å². The van der Waals surface area contributed by atoms with Gasteiger partial charge in [-0.25, -0.2) is 4.68 Å². The van der Waals surface area contributed by atoms with E-state index in [0.29, 0.717) is 5.88 Å². The molecule has 0 spiro atoms. The Morgan fingerprint density at radius 3 is 2.94 bits per heavy atom. The second-order valence-electron chi connectivity index (χ2n) is 3.81. The molecule has 1 aromatic heterocycles. The van der Waals surface area contributed by atoms with Crippen molar-refractivity contribution in [1.29, 1.82) is 0 Å². The third-order valence-electron chi connectivity index (χ3n) is 2.62. The van der Waals surface area contributed by atoms with Gasteiger partial charge in [0.2, 0.25) is 0 Å². The van der Waals surface area contributed by atoms with Crippen LogP contribution in [0.4, 0.5) is 5.69 Å². The maximum Gasteiger partial charge on any atom is 0.133 e. The van der Waals surface area contributed by atoms with Gasteiger partial charge >= 0.3 is 0 Å². The van der Waals surface area contributed by atoms with E-state index in [2.05, 4.69) is 33.5 Å². The fraction of sp³-hybridized carbons (Fsp3) is 0.0833. The van der Waals surface area contributed by atoms with Crippen LogP contribution in [0.5, 0.6) is 0 Å². The molecule has 0 saturated carbocycles. The summed E-state index contributed by atoms with van der Waals surface area (Å²) in [6.07, 6.45) is 5.74. The SMILES string of the molecule is SCn1cc(C2=NNc3ccccc3C=C2)nn1. The summed E-state index contributed by atoms with van der Waals surface area (Å²) >= 11 is 4.14. The summed E-state index contributed by atoms with van der Waals surface area (Å²) in [5.41, 5.74) is 6.57. The first kappa shape index (κ1) is 11.0. The van der Waals surface area contributed by atoms with Gasteiger partial charge < -0.3 is 0 Å². The van der Waals surface area contributed by atoms with Crippen molar-refractivity contribution < 1.29 is 0 Å². The summed E-state index contributed by atoms with van der Waals surface area (Å²) in [5.74, 6) is 0.498. The number of hydrogen-bond acceptors (Lipinski definition) is 5. The van der Waals surface area contributed by atoms with Crippen LogP contribution in [0.1, 0.15) is 11.3 Å². The van der Waals surface area contributed by atoms with Crippen LogP contribution in [0.15, 0.2) is 41.6 Å². The molecule has 0 unspecified atom stereocenters. The molecular formula is C12H11N5S. The largest absolute Gasteiger partial charge is 0.277 e. The van der Waals surface area contributed by atoms with E-state index in [1.54, 1.807) is 4.68 Å². The van der Waals surface area contributed by atoms with Gasteiger partial charge in [0.25, 0.3) is 0 Å². The van der Waals surface area contributed by atoms with Crippen LogP contribution >= 0.6 is 12.6 Å². The van der Waals surface area contributed by atoms with Crippen LogP contribution in [0.3, 0.4) is 0 Å². The zero-order valence-corrected chi connectivity index (χ0v) is 10.4. The molecular weight excluding hydrogens is 246 g/mol. The first-order valence-electron chi connectivity index (χ1n) is 5.49. The number of rotatable bonds is 2. The molecule has 1 aromatic carbocycles. The third kappa shape index (κ3) is 2.02. The summed E-state index contributed by atoms with van der Waals surface area (Å²) in [5, 5.41) is 12.3. The molecule has 1 aliphatic heterocycles. The molecule has 0 amide bonds. The Morgan fingerprint density at radius 2 is 2.11 bits per heavy atom. The molecule has 1 N–H and O–H groups in total. The average molecular weight is 257 g/mol. The highest BCUT2D eigenvalue weighted by atomic mass is 32.1. The fourth-order valence-electron chi connectivity index (χ4n) is 1.70. The van der Waals surface area contributed by atoms with Crippen LogP contribution in [0, 0.1) is 0 Å². The van der Waals surface area contributed by atoms with Crippen molar-refractivity contribution in [2.24, 2.45) is 5.10 Å². The van der Waals surface area contributed by atoms with E-state index < -0.39 is 0 Å². The number of thiol groups is 1. The van der Waals surface area contributed by atoms with Gasteiger partial charge in [-0.05, 0) is 17.7 Å². The van der Waals surface area contributed by atoms with Gasteiger partial charge in [-0.15, -0.1) is 5.10 Å². The summed E-state index contributed by atoms with van der Waals surface area (Å²) in [7, 11) is 0. The van der Waals surface area contributed by atoms with Gasteiger partial charge in [0, 0.05) is 0 Å². The van der Waals surface area contributed by atoms with Crippen molar-refractivity contribution in [3.63, 3.8) is 0 Å². The molecule has 6 heteroatoms. The van der Waals surface area contributed by atoms with Crippen molar-refractivity contribution in [2.75, 3.05) is 5.43 Å². The number of nitrogens with zero attached hydrogens (tertiary/aromatic N) is 4. The smallest absolute Gasteiger partial charge is 0.133 e. The average Bonchev–Trinajstić information content (AvgIpc) is 2.79. The molecule has 18 heavy (non-hydrogen) atoms. The van der Waals surface area contributed by atoms with E-state index in [1.807, 2.05) is 42.6 Å². The molecule has 3 rings (SSSR count). The van der Waals surface area contributed by atoms with Gasteiger partial charge in [-0.1, -0.05) is 29.5 Å². The standard InChI is InChI=1S/C12H11N5S/c18-8-17-7-12(15-16-17)11-6-5-9-3-1-2-4-10(9)13-14-11/h1-7,13,18H,8H2. The molecule has 0 bridgehead atoms. The zero-order chi connectivity index (χ0) is 12.4. The molecule has 1 aliphatic rings. The maximum absolute atomic E-state index is 4.32. The number of hydrazone groups is 1. The number of allylic oxidation sites excluding steroid dienone is 1. The number of fused-ring (bicyclic) bond motifs is 1. The molecule has 90 valence electrons. The predicted octanol–water partition coefficient (Wildman–Crippen LogP) is 2.01. The second-order valence-corrected chi connectivity index (χ2v) is 4.10. The van der Waals surface area contributed by atoms with Crippen LogP contribution < -0.4 is 5.43 Å². The van der Waals surface area contributed by atoms with Gasteiger partial charge in [0.05, 0.1) is 17.8 Å². The molecule has 2 heterocycles. The molecule has 0 saturated heterocycles. The van der Waals surface area contributed by atoms with Crippen LogP contribution in [0.2, 0.25) is 0 Å². The summed E-state index contributed by atoms with van der Waals surface area (Å²) in [4.78, 5) is 0. The van der Waals surface area contributed by atoms with Gasteiger partial charge in [-0.2, -0.15) is 17.7 Å². The van der Waals surface area contributed by atoms with Gasteiger partial charge in [0.15, 0.2) is 0 Å². The first-order chi connectivity index (χ1) is 8.86. The molecule has 0 atom stereocenters. The monoisotopic (exact) mass is 257 g/mol. The van der Waals surface area contributed by atoms with Crippen molar-refractivity contribution in [2.45, 2.75) is 5.88 Å². The Balaban J connectivity index is 1.95. The lowest BCUT2D eigenvalue weighted by molar-refractivity contribution is 0.704. The minimum absolute atomic E-state index is 0.498. The van der Waals surface area contributed by atoms with E-state index in [-0.39, 0.29) is 0 Å². The van der Waals surface area contributed by atoms with Crippen LogP contribution in [-0.2, 0) is 5.88 Å². The number of para-hydroxylation sites is 1. The van der Waals surface area contributed by atoms with E-state index in [9.17, 15) is 0 Å². The normalized spacial score (nSPS) is 13.5. The third-order valence-corrected chi connectivity index (χ3v) is 2.91. The molecule has 5 nitrogen and oxygen atoms in total. The lowest BCUT2D eigenvalue weighted by Gasteiger charge is -2.01. The fourth-order valence-corrected chi connectivity index (χ4v) is 1.84. The highest BCUT2D eigenvalue weighted by Gasteiger charge is 2.09. The minimum atomic E-state index is 0.498. The molecule has 0 aliphatic carbocycles. The Labute approximate surface area is 110 Å². The topological polar surface area (TPSA) is 55.1 Å². The van der Waals surface area contributed by atoms with E-state index in [4.69, 9.17) is 0 Å². The number of benzene rings is 1. The zero-order valence-electron chi connectivity index (χ0n) is 9.48. The summed E-state index contributed by atoms with van der Waals surface area (Å²) in [6.45, 7) is 0. The van der Waals surface area contributed by atoms with E-state index >= 15 is 0 Å². The summed E-state index contributed by atoms with van der Waals surface area (Å²) in [6, 6.07) is 7.98. The Bertz CT molecular complexity index is 629. The van der Waals surface area contributed by atoms with Crippen molar-refractivity contribution >= 4 is 30.1 Å². The van der Waals surface area contributed by atoms with Crippen molar-refractivity contribution in [3.05, 3.63) is 47.8 Å². The van der Waals surface area contributed by atoms with E-state index in [0.717, 1.165) is 22.7 Å². The first-order valence-corrected chi connectivity index (χ1v) is 6.12. The molecule has 0 radical (unpaired) electrons. The Hall–Kier alpha value is -2.08. The van der Waals surface area contributed by atoms with Crippen LogP contribution in [0.25, 0.3) is 6.08 Å². The minimum Gasteiger partial charge on any atom is -0.277 e. The summed E-state index contributed by atoms with van der Waals surface area (Å²) < 4.78 is 1.65. The maximum atomic E-state index is 4.32. The predicted molar refractivity (Wildman–Crippen MR) is 74.6 cm³/mol. The van der Waals surface area contributed by atoms with Crippen molar-refractivity contribution in [3.8, 4) is 0 Å². The Morgan fingerprint density at radius 1 is 1.22 bits per heavy atom. The number of aromatic nitrogens is 3. The number of nitrogens with one attached hydrogen (secondary N) is 1. The number of anilines is 1. The molecule has 2 aromatic rings. The lowest BCUT2D eigenvalue weighted by atomic mass is 10.1.